The van der Waals surface area contributed by atoms with Gasteiger partial charge in [0.15, 0.2) is 0 Å². The molecule has 1 unspecified atom stereocenters. The highest BCUT2D eigenvalue weighted by Gasteiger charge is 2.32. The van der Waals surface area contributed by atoms with E-state index in [0.717, 1.165) is 12.1 Å². The number of nitrogens with zero attached hydrogens (tertiary/aromatic N) is 2. The van der Waals surface area contributed by atoms with Gasteiger partial charge < -0.3 is 9.30 Å². The molecule has 0 aliphatic carbocycles. The molecule has 0 aliphatic rings. The third-order valence-corrected chi connectivity index (χ3v) is 5.29. The fourth-order valence-electron chi connectivity index (χ4n) is 2.63. The molecule has 3 rings (SSSR count). The molecule has 0 amide bonds. The Morgan fingerprint density at radius 3 is 2.43 bits per heavy atom. The fourth-order valence-corrected chi connectivity index (χ4v) is 3.85. The van der Waals surface area contributed by atoms with Gasteiger partial charge in [0, 0.05) is 25.5 Å². The van der Waals surface area contributed by atoms with Crippen molar-refractivity contribution in [3.05, 3.63) is 78.4 Å². The Labute approximate surface area is 159 Å². The highest BCUT2D eigenvalue weighted by molar-refractivity contribution is 7.89. The van der Waals surface area contributed by atoms with Crippen molar-refractivity contribution in [2.24, 2.45) is 7.05 Å². The van der Waals surface area contributed by atoms with Crippen LogP contribution in [0.25, 0.3) is 0 Å². The first-order valence-electron chi connectivity index (χ1n) is 8.06. The van der Waals surface area contributed by atoms with E-state index in [2.05, 4.69) is 14.4 Å². The zero-order valence-electron chi connectivity index (χ0n) is 14.6. The van der Waals surface area contributed by atoms with Gasteiger partial charge in [-0.15, -0.1) is 13.2 Å². The van der Waals surface area contributed by atoms with E-state index in [4.69, 9.17) is 0 Å². The Morgan fingerprint density at radius 1 is 1.11 bits per heavy atom. The summed E-state index contributed by atoms with van der Waals surface area (Å²) in [6.07, 6.45) is -1.73. The number of benzene rings is 2. The molecule has 0 spiro atoms. The lowest BCUT2D eigenvalue weighted by Crippen LogP contribution is -2.31. The molecule has 28 heavy (non-hydrogen) atoms. The Bertz CT molecular complexity index is 1050. The van der Waals surface area contributed by atoms with Crippen LogP contribution in [0.2, 0.25) is 0 Å². The molecule has 0 aliphatic heterocycles. The van der Waals surface area contributed by atoms with Gasteiger partial charge >= 0.3 is 6.36 Å². The van der Waals surface area contributed by atoms with Crippen LogP contribution in [0.5, 0.6) is 5.75 Å². The number of halogens is 3. The van der Waals surface area contributed by atoms with Crippen molar-refractivity contribution in [2.45, 2.75) is 17.3 Å². The van der Waals surface area contributed by atoms with Gasteiger partial charge in [0.05, 0.1) is 4.90 Å². The van der Waals surface area contributed by atoms with E-state index in [1.54, 1.807) is 48.1 Å². The predicted molar refractivity (Wildman–Crippen MR) is 94.9 cm³/mol. The van der Waals surface area contributed by atoms with E-state index in [1.165, 1.54) is 18.3 Å². The number of ether oxygens (including phenoxy) is 1. The first-order valence-corrected chi connectivity index (χ1v) is 9.54. The van der Waals surface area contributed by atoms with Crippen molar-refractivity contribution in [1.29, 1.82) is 0 Å². The Balaban J connectivity index is 1.97. The number of aromatic nitrogens is 2. The van der Waals surface area contributed by atoms with Gasteiger partial charge in [-0.1, -0.05) is 36.4 Å². The number of alkyl halides is 3. The molecule has 2 aromatic carbocycles. The van der Waals surface area contributed by atoms with Gasteiger partial charge in [-0.2, -0.15) is 4.72 Å². The van der Waals surface area contributed by atoms with E-state index in [1.807, 2.05) is 0 Å². The minimum atomic E-state index is -4.92. The molecule has 1 heterocycles. The summed E-state index contributed by atoms with van der Waals surface area (Å²) in [6.45, 7) is 0. The summed E-state index contributed by atoms with van der Waals surface area (Å²) in [5.74, 6) is -0.193. The molecular formula is C18H16F3N3O3S. The Morgan fingerprint density at radius 2 is 1.82 bits per heavy atom. The Hall–Kier alpha value is -2.85. The number of rotatable bonds is 6. The standard InChI is InChI=1S/C18H16F3N3O3S/c1-24-11-10-22-17(24)16(13-6-3-2-4-7-13)23-28(25,26)15-9-5-8-14(12-15)27-18(19,20)21/h2-12,16,23H,1H3. The van der Waals surface area contributed by atoms with E-state index in [0.29, 0.717) is 11.4 Å². The van der Waals surface area contributed by atoms with E-state index in [9.17, 15) is 21.6 Å². The van der Waals surface area contributed by atoms with Crippen LogP contribution in [-0.4, -0.2) is 24.3 Å². The van der Waals surface area contributed by atoms with Crippen LogP contribution in [0, 0.1) is 0 Å². The van der Waals surface area contributed by atoms with Crippen LogP contribution < -0.4 is 9.46 Å². The maximum Gasteiger partial charge on any atom is 0.573 e. The van der Waals surface area contributed by atoms with E-state index >= 15 is 0 Å². The molecule has 148 valence electrons. The molecule has 0 saturated carbocycles. The quantitative estimate of drug-likeness (QED) is 0.675. The predicted octanol–water partition coefficient (Wildman–Crippen LogP) is 3.39. The van der Waals surface area contributed by atoms with Crippen LogP contribution >= 0.6 is 0 Å². The number of hydrogen-bond acceptors (Lipinski definition) is 4. The van der Waals surface area contributed by atoms with Crippen molar-refractivity contribution in [1.82, 2.24) is 14.3 Å². The number of nitrogens with one attached hydrogen (secondary N) is 1. The second kappa shape index (κ2) is 7.64. The maximum atomic E-state index is 12.9. The summed E-state index contributed by atoms with van der Waals surface area (Å²) < 4.78 is 71.0. The van der Waals surface area contributed by atoms with Gasteiger partial charge in [0.1, 0.15) is 17.6 Å². The Kier molecular flexibility index (Phi) is 5.43. The number of hydrogen-bond donors (Lipinski definition) is 1. The minimum absolute atomic E-state index is 0.357. The van der Waals surface area contributed by atoms with Gasteiger partial charge in [0.25, 0.3) is 0 Å². The average molecular weight is 411 g/mol. The second-order valence-corrected chi connectivity index (χ2v) is 7.60. The highest BCUT2D eigenvalue weighted by atomic mass is 32.2. The second-order valence-electron chi connectivity index (χ2n) is 5.88. The van der Waals surface area contributed by atoms with Crippen LogP contribution in [-0.2, 0) is 17.1 Å². The average Bonchev–Trinajstić information content (AvgIpc) is 3.05. The molecule has 3 aromatic rings. The van der Waals surface area contributed by atoms with E-state index < -0.39 is 28.2 Å². The molecule has 0 radical (unpaired) electrons. The van der Waals surface area contributed by atoms with Crippen LogP contribution in [0.1, 0.15) is 17.4 Å². The molecule has 6 nitrogen and oxygen atoms in total. The summed E-state index contributed by atoms with van der Waals surface area (Å²) in [7, 11) is -2.47. The zero-order valence-corrected chi connectivity index (χ0v) is 15.4. The van der Waals surface area contributed by atoms with Crippen molar-refractivity contribution in [3.63, 3.8) is 0 Å². The lowest BCUT2D eigenvalue weighted by molar-refractivity contribution is -0.274. The third kappa shape index (κ3) is 4.70. The minimum Gasteiger partial charge on any atom is -0.406 e. The summed E-state index contributed by atoms with van der Waals surface area (Å²) in [6, 6.07) is 12.1. The van der Waals surface area contributed by atoms with Crippen LogP contribution in [0.3, 0.4) is 0 Å². The van der Waals surface area contributed by atoms with E-state index in [-0.39, 0.29) is 4.90 Å². The summed E-state index contributed by atoms with van der Waals surface area (Å²) >= 11 is 0. The fraction of sp³-hybridized carbons (Fsp3) is 0.167. The van der Waals surface area contributed by atoms with Crippen LogP contribution in [0.4, 0.5) is 13.2 Å². The largest absolute Gasteiger partial charge is 0.573 e. The molecule has 10 heteroatoms. The van der Waals surface area contributed by atoms with Crippen molar-refractivity contribution < 1.29 is 26.3 Å². The lowest BCUT2D eigenvalue weighted by atomic mass is 10.1. The highest BCUT2D eigenvalue weighted by Crippen LogP contribution is 2.27. The van der Waals surface area contributed by atoms with Crippen LogP contribution in [0.15, 0.2) is 71.9 Å². The summed E-state index contributed by atoms with van der Waals surface area (Å²) in [5.41, 5.74) is 0.628. The first-order chi connectivity index (χ1) is 13.2. The zero-order chi connectivity index (χ0) is 20.4. The molecule has 0 saturated heterocycles. The van der Waals surface area contributed by atoms with Gasteiger partial charge in [-0.25, -0.2) is 13.4 Å². The smallest absolute Gasteiger partial charge is 0.406 e. The lowest BCUT2D eigenvalue weighted by Gasteiger charge is -2.19. The van der Waals surface area contributed by atoms with Gasteiger partial charge in [-0.05, 0) is 17.7 Å². The monoisotopic (exact) mass is 411 g/mol. The SMILES string of the molecule is Cn1ccnc1C(NS(=O)(=O)c1cccc(OC(F)(F)F)c1)c1ccccc1. The maximum absolute atomic E-state index is 12.9. The van der Waals surface area contributed by atoms with Gasteiger partial charge in [0.2, 0.25) is 10.0 Å². The van der Waals surface area contributed by atoms with Crippen molar-refractivity contribution >= 4 is 10.0 Å². The summed E-state index contributed by atoms with van der Waals surface area (Å²) in [4.78, 5) is 3.84. The number of sulfonamides is 1. The number of aryl methyl sites for hydroxylation is 1. The molecule has 1 atom stereocenters. The molecular weight excluding hydrogens is 395 g/mol. The van der Waals surface area contributed by atoms with Crippen molar-refractivity contribution in [2.75, 3.05) is 0 Å². The molecule has 0 fully saturated rings. The molecule has 0 bridgehead atoms. The first kappa shape index (κ1) is 19.9. The topological polar surface area (TPSA) is 73.2 Å². The number of imidazole rings is 1. The normalized spacial score (nSPS) is 13.3. The van der Waals surface area contributed by atoms with Gasteiger partial charge in [-0.3, -0.25) is 0 Å². The molecule has 1 aromatic heterocycles. The van der Waals surface area contributed by atoms with Crippen molar-refractivity contribution in [3.8, 4) is 5.75 Å². The molecule has 1 N–H and O–H groups in total. The summed E-state index contributed by atoms with van der Waals surface area (Å²) in [5, 5.41) is 0. The third-order valence-electron chi connectivity index (χ3n) is 3.87.